The first-order valence-corrected chi connectivity index (χ1v) is 12.4. The number of nitrogens with zero attached hydrogens (tertiary/aromatic N) is 3. The van der Waals surface area contributed by atoms with Crippen molar-refractivity contribution in [2.75, 3.05) is 32.8 Å². The molecule has 1 aliphatic carbocycles. The first kappa shape index (κ1) is 23.7. The van der Waals surface area contributed by atoms with Gasteiger partial charge in [-0.15, -0.1) is 0 Å². The van der Waals surface area contributed by atoms with Gasteiger partial charge in [-0.1, -0.05) is 0 Å². The molecule has 3 saturated heterocycles. The summed E-state index contributed by atoms with van der Waals surface area (Å²) < 4.78 is 5.59. The highest BCUT2D eigenvalue weighted by Gasteiger charge is 2.48. The van der Waals surface area contributed by atoms with Crippen molar-refractivity contribution < 1.29 is 19.2 Å². The van der Waals surface area contributed by atoms with Gasteiger partial charge in [0.15, 0.2) is 0 Å². The molecule has 0 bridgehead atoms. The van der Waals surface area contributed by atoms with Gasteiger partial charge in [0.05, 0.1) is 24.8 Å². The number of amides is 2. The molecule has 3 heterocycles. The summed E-state index contributed by atoms with van der Waals surface area (Å²) in [6.45, 7) is 13.9. The number of rotatable bonds is 4. The van der Waals surface area contributed by atoms with Gasteiger partial charge >= 0.3 is 6.09 Å². The van der Waals surface area contributed by atoms with Crippen LogP contribution in [0.25, 0.3) is 0 Å². The fourth-order valence-electron chi connectivity index (χ4n) is 6.24. The van der Waals surface area contributed by atoms with Gasteiger partial charge in [-0.3, -0.25) is 10.2 Å². The molecule has 3 aliphatic heterocycles. The lowest BCUT2D eigenvalue weighted by molar-refractivity contribution is -0.142. The van der Waals surface area contributed by atoms with Gasteiger partial charge in [-0.05, 0) is 58.8 Å². The number of hydrogen-bond donors (Lipinski definition) is 2. The van der Waals surface area contributed by atoms with Gasteiger partial charge in [0, 0.05) is 51.1 Å². The van der Waals surface area contributed by atoms with Gasteiger partial charge in [0.2, 0.25) is 5.91 Å². The van der Waals surface area contributed by atoms with Gasteiger partial charge in [-0.2, -0.15) is 5.48 Å². The number of ether oxygens (including phenoxy) is 1. The SMILES string of the molecule is CC(=O)N1C2CCC(C3CNN(CC4CONC4C)C3)CC2N(C(=O)OC(C)C)C[C@@H]1C. The average molecular weight is 452 g/mol. The quantitative estimate of drug-likeness (QED) is 0.671. The Labute approximate surface area is 192 Å². The molecule has 4 rings (SSSR count). The van der Waals surface area contributed by atoms with Gasteiger partial charge < -0.3 is 19.4 Å². The zero-order valence-corrected chi connectivity index (χ0v) is 20.3. The Kier molecular flexibility index (Phi) is 7.29. The molecule has 0 spiro atoms. The second kappa shape index (κ2) is 9.83. The van der Waals surface area contributed by atoms with E-state index in [1.807, 2.05) is 30.6 Å². The Morgan fingerprint density at radius 2 is 1.91 bits per heavy atom. The van der Waals surface area contributed by atoms with Crippen molar-refractivity contribution in [2.45, 2.75) is 84.2 Å². The smallest absolute Gasteiger partial charge is 0.410 e. The molecule has 2 amide bonds. The van der Waals surface area contributed by atoms with Crippen molar-refractivity contribution in [3.05, 3.63) is 0 Å². The molecule has 9 heteroatoms. The van der Waals surface area contributed by atoms with Crippen LogP contribution in [-0.4, -0.2) is 89.9 Å². The summed E-state index contributed by atoms with van der Waals surface area (Å²) in [7, 11) is 0. The van der Waals surface area contributed by atoms with Gasteiger partial charge in [-0.25, -0.2) is 9.80 Å². The molecule has 2 N–H and O–H groups in total. The molecule has 0 aromatic heterocycles. The molecular formula is C23H41N5O4. The minimum atomic E-state index is -0.236. The zero-order chi connectivity index (χ0) is 23.0. The minimum Gasteiger partial charge on any atom is -0.447 e. The Bertz CT molecular complexity index is 691. The van der Waals surface area contributed by atoms with Crippen LogP contribution in [0.4, 0.5) is 4.79 Å². The van der Waals surface area contributed by atoms with Crippen molar-refractivity contribution >= 4 is 12.0 Å². The third kappa shape index (κ3) is 4.90. The summed E-state index contributed by atoms with van der Waals surface area (Å²) in [5, 5.41) is 2.35. The molecule has 9 nitrogen and oxygen atoms in total. The van der Waals surface area contributed by atoms with E-state index in [-0.39, 0.29) is 36.2 Å². The number of piperazine rings is 1. The summed E-state index contributed by atoms with van der Waals surface area (Å²) in [4.78, 5) is 34.7. The molecule has 7 atom stereocenters. The maximum Gasteiger partial charge on any atom is 0.410 e. The van der Waals surface area contributed by atoms with E-state index in [1.165, 1.54) is 0 Å². The lowest BCUT2D eigenvalue weighted by atomic mass is 9.73. The normalized spacial score (nSPS) is 38.2. The summed E-state index contributed by atoms with van der Waals surface area (Å²) in [6.07, 6.45) is 2.58. The van der Waals surface area contributed by atoms with Crippen LogP contribution in [0.5, 0.6) is 0 Å². The summed E-state index contributed by atoms with van der Waals surface area (Å²) in [5.74, 6) is 1.68. The van der Waals surface area contributed by atoms with Crippen LogP contribution in [0.1, 0.15) is 53.9 Å². The van der Waals surface area contributed by atoms with E-state index in [0.29, 0.717) is 30.3 Å². The summed E-state index contributed by atoms with van der Waals surface area (Å²) in [5.41, 5.74) is 6.66. The average Bonchev–Trinajstić information content (AvgIpc) is 3.35. The molecule has 4 fully saturated rings. The third-order valence-electron chi connectivity index (χ3n) is 7.88. The highest BCUT2D eigenvalue weighted by atomic mass is 16.7. The largest absolute Gasteiger partial charge is 0.447 e. The molecule has 0 aromatic carbocycles. The Hall–Kier alpha value is -1.42. The molecule has 4 aliphatic rings. The number of carbonyl (C=O) groups is 2. The maximum absolute atomic E-state index is 13.0. The number of nitrogens with one attached hydrogen (secondary N) is 2. The fourth-order valence-corrected chi connectivity index (χ4v) is 6.24. The van der Waals surface area contributed by atoms with Crippen molar-refractivity contribution in [1.82, 2.24) is 25.7 Å². The number of hydroxylamine groups is 1. The predicted molar refractivity (Wildman–Crippen MR) is 120 cm³/mol. The predicted octanol–water partition coefficient (Wildman–Crippen LogP) is 1.60. The van der Waals surface area contributed by atoms with E-state index in [4.69, 9.17) is 9.57 Å². The summed E-state index contributed by atoms with van der Waals surface area (Å²) >= 11 is 0. The number of hydrazine groups is 1. The standard InChI is InChI=1S/C23H41N5O4/c1-14(2)32-23(30)27-10-15(3)28(17(5)29)21-7-6-18(8-22(21)27)19-9-24-26(11-19)12-20-13-31-25-16(20)4/h14-16,18-22,24-25H,6-13H2,1-5H3/t15-,16?,18?,19?,20?,21?,22?/m0/s1. The third-order valence-corrected chi connectivity index (χ3v) is 7.88. The number of fused-ring (bicyclic) bond motifs is 1. The minimum absolute atomic E-state index is 0.0119. The molecule has 0 aromatic rings. The highest BCUT2D eigenvalue weighted by Crippen LogP contribution is 2.40. The van der Waals surface area contributed by atoms with Gasteiger partial charge in [0.25, 0.3) is 0 Å². The van der Waals surface area contributed by atoms with Crippen LogP contribution in [0.15, 0.2) is 0 Å². The van der Waals surface area contributed by atoms with E-state index in [9.17, 15) is 9.59 Å². The summed E-state index contributed by atoms with van der Waals surface area (Å²) in [6, 6.07) is 0.494. The van der Waals surface area contributed by atoms with Crippen molar-refractivity contribution in [2.24, 2.45) is 17.8 Å². The van der Waals surface area contributed by atoms with Crippen LogP contribution in [0.2, 0.25) is 0 Å². The van der Waals surface area contributed by atoms with Crippen LogP contribution < -0.4 is 10.9 Å². The molecule has 1 saturated carbocycles. The van der Waals surface area contributed by atoms with Crippen molar-refractivity contribution in [3.8, 4) is 0 Å². The second-order valence-corrected chi connectivity index (χ2v) is 10.6. The van der Waals surface area contributed by atoms with E-state index in [0.717, 1.165) is 45.5 Å². The zero-order valence-electron chi connectivity index (χ0n) is 20.3. The van der Waals surface area contributed by atoms with Crippen LogP contribution >= 0.6 is 0 Å². The van der Waals surface area contributed by atoms with Crippen molar-refractivity contribution in [1.29, 1.82) is 0 Å². The van der Waals surface area contributed by atoms with E-state index < -0.39 is 0 Å². The first-order chi connectivity index (χ1) is 15.2. The number of hydrogen-bond acceptors (Lipinski definition) is 7. The molecule has 0 radical (unpaired) electrons. The topological polar surface area (TPSA) is 86.4 Å². The first-order valence-electron chi connectivity index (χ1n) is 12.4. The lowest BCUT2D eigenvalue weighted by Crippen LogP contribution is -2.67. The van der Waals surface area contributed by atoms with Crippen molar-refractivity contribution in [3.63, 3.8) is 0 Å². The van der Waals surface area contributed by atoms with Crippen LogP contribution in [0.3, 0.4) is 0 Å². The number of carbonyl (C=O) groups excluding carboxylic acids is 2. The Morgan fingerprint density at radius 3 is 2.56 bits per heavy atom. The molecule has 6 unspecified atom stereocenters. The van der Waals surface area contributed by atoms with E-state index in [2.05, 4.69) is 22.8 Å². The van der Waals surface area contributed by atoms with Crippen LogP contribution in [0, 0.1) is 17.8 Å². The second-order valence-electron chi connectivity index (χ2n) is 10.6. The lowest BCUT2D eigenvalue weighted by Gasteiger charge is -2.54. The van der Waals surface area contributed by atoms with Gasteiger partial charge in [0.1, 0.15) is 0 Å². The highest BCUT2D eigenvalue weighted by molar-refractivity contribution is 5.75. The maximum atomic E-state index is 13.0. The Morgan fingerprint density at radius 1 is 1.12 bits per heavy atom. The van der Waals surface area contributed by atoms with E-state index in [1.54, 1.807) is 6.92 Å². The Balaban J connectivity index is 1.42. The monoisotopic (exact) mass is 451 g/mol. The molecule has 182 valence electrons. The molecule has 32 heavy (non-hydrogen) atoms. The van der Waals surface area contributed by atoms with E-state index >= 15 is 0 Å². The fraction of sp³-hybridized carbons (Fsp3) is 0.913. The van der Waals surface area contributed by atoms with Crippen LogP contribution in [-0.2, 0) is 14.4 Å². The molecular weight excluding hydrogens is 410 g/mol.